The van der Waals surface area contributed by atoms with Gasteiger partial charge in [-0.1, -0.05) is 140 Å². The lowest BCUT2D eigenvalue weighted by Gasteiger charge is -2.01. The first-order valence-corrected chi connectivity index (χ1v) is 23.6. The van der Waals surface area contributed by atoms with Crippen molar-refractivity contribution in [1.82, 2.24) is 59.7 Å². The van der Waals surface area contributed by atoms with E-state index >= 15 is 0 Å². The molecule has 0 fully saturated rings. The summed E-state index contributed by atoms with van der Waals surface area (Å²) in [5.74, 6) is 3.34. The van der Waals surface area contributed by atoms with Gasteiger partial charge in [0.05, 0.1) is 6.26 Å². The van der Waals surface area contributed by atoms with E-state index in [1.54, 1.807) is 20.2 Å². The number of aromatic nitrogens is 10. The van der Waals surface area contributed by atoms with Crippen LogP contribution in [0.3, 0.4) is 0 Å². The van der Waals surface area contributed by atoms with Crippen LogP contribution >= 0.6 is 23.3 Å². The Morgan fingerprint density at radius 2 is 1.27 bits per heavy atom. The number of rotatable bonds is 8. The second kappa shape index (κ2) is 36.5. The highest BCUT2D eigenvalue weighted by Gasteiger charge is 2.09. The van der Waals surface area contributed by atoms with Gasteiger partial charge in [-0.25, -0.2) is 4.79 Å². The molecule has 2 amide bonds. The van der Waals surface area contributed by atoms with Crippen molar-refractivity contribution in [2.24, 2.45) is 11.8 Å². The van der Waals surface area contributed by atoms with Crippen molar-refractivity contribution in [3.63, 3.8) is 0 Å². The topological polar surface area (TPSA) is 347 Å². The van der Waals surface area contributed by atoms with Crippen molar-refractivity contribution in [2.75, 3.05) is 14.1 Å². The predicted molar refractivity (Wildman–Crippen MR) is 274 cm³/mol. The van der Waals surface area contributed by atoms with Gasteiger partial charge < -0.3 is 24.7 Å². The van der Waals surface area contributed by atoms with Gasteiger partial charge in [-0.2, -0.15) is 14.7 Å². The second-order valence-corrected chi connectivity index (χ2v) is 18.4. The Labute approximate surface area is 416 Å². The molecule has 0 bridgehead atoms. The molecule has 0 saturated heterocycles. The third-order valence-corrected chi connectivity index (χ3v) is 9.89. The van der Waals surface area contributed by atoms with E-state index in [0.717, 1.165) is 28.7 Å². The molecule has 0 atom stereocenters. The van der Waals surface area contributed by atoms with Crippen molar-refractivity contribution in [2.45, 2.75) is 154 Å². The first-order chi connectivity index (χ1) is 32.1. The molecule has 6 rings (SSSR count). The van der Waals surface area contributed by atoms with Crippen LogP contribution < -0.4 is 38.5 Å². The Morgan fingerprint density at radius 1 is 0.700 bits per heavy atom. The number of hydrogen-bond donors (Lipinski definition) is 8. The summed E-state index contributed by atoms with van der Waals surface area (Å²) in [6.45, 7) is 31.0. The molecule has 0 unspecified atom stereocenters. The number of nitrogens with zero attached hydrogens (tertiary/aromatic N) is 5. The molecule has 6 heterocycles. The molecule has 8 N–H and O–H groups in total. The van der Waals surface area contributed by atoms with Crippen molar-refractivity contribution < 1.29 is 28.2 Å². The molecular formula is C45H78N12O11S2. The molecule has 0 aliphatic carbocycles. The minimum atomic E-state index is -0.487. The normalized spacial score (nSPS) is 10.1. The van der Waals surface area contributed by atoms with Gasteiger partial charge in [-0.15, -0.1) is 10.2 Å². The van der Waals surface area contributed by atoms with Gasteiger partial charge in [0.25, 0.3) is 16.7 Å². The highest BCUT2D eigenvalue weighted by atomic mass is 32.1. The van der Waals surface area contributed by atoms with Gasteiger partial charge >= 0.3 is 5.76 Å². The molecule has 23 nitrogen and oxygen atoms in total. The van der Waals surface area contributed by atoms with Crippen molar-refractivity contribution in [3.8, 4) is 5.75 Å². The predicted octanol–water partition coefficient (Wildman–Crippen LogP) is 7.30. The van der Waals surface area contributed by atoms with E-state index in [1.165, 1.54) is 23.9 Å². The van der Waals surface area contributed by atoms with Gasteiger partial charge in [0.15, 0.2) is 17.4 Å². The van der Waals surface area contributed by atoms with Crippen LogP contribution in [0.4, 0.5) is 0 Å². The number of carbonyl (C=O) groups excluding carboxylic acids is 2. The molecule has 25 heteroatoms. The summed E-state index contributed by atoms with van der Waals surface area (Å²) >= 11 is 2.53. The maximum absolute atomic E-state index is 11.1. The van der Waals surface area contributed by atoms with E-state index in [0.29, 0.717) is 34.7 Å². The van der Waals surface area contributed by atoms with Crippen LogP contribution in [-0.4, -0.2) is 80.1 Å². The van der Waals surface area contributed by atoms with Crippen LogP contribution in [0.5, 0.6) is 5.75 Å². The van der Waals surface area contributed by atoms with E-state index in [-0.39, 0.29) is 82.6 Å². The molecule has 0 aliphatic rings. The van der Waals surface area contributed by atoms with Crippen LogP contribution in [0.25, 0.3) is 0 Å². The summed E-state index contributed by atoms with van der Waals surface area (Å²) < 4.78 is 22.8. The van der Waals surface area contributed by atoms with Crippen LogP contribution in [-0.2, 0) is 9.59 Å². The smallest absolute Gasteiger partial charge is 0.438 e. The summed E-state index contributed by atoms with van der Waals surface area (Å²) in [6, 6.07) is 3.11. The first kappa shape index (κ1) is 67.8. The summed E-state index contributed by atoms with van der Waals surface area (Å²) in [7, 11) is 3.28. The molecule has 0 radical (unpaired) electrons. The second-order valence-electron chi connectivity index (χ2n) is 17.0. The fourth-order valence-corrected chi connectivity index (χ4v) is 5.35. The number of nitrogens with one attached hydrogen (secondary N) is 7. The number of aromatic amines is 5. The lowest BCUT2D eigenvalue weighted by atomic mass is 10.1. The fourth-order valence-electron chi connectivity index (χ4n) is 4.05. The SMILES string of the molecule is C.CC(C)c1cc(=O)[nH]o1.CC(C)c1cc(=O)[nH]s1.CC(C)c1cocc(O)c1=O.CC(C)c1nn[nH]n1.CC(C)c1noc(=O)[nH]1.CC(C)c1ns[nH]c1=O.CNC(=O)C(C)C.CNC(=O)C(C)C. The van der Waals surface area contributed by atoms with Gasteiger partial charge in [0, 0.05) is 83.9 Å². The van der Waals surface area contributed by atoms with Crippen LogP contribution in [0.2, 0.25) is 0 Å². The third-order valence-electron chi connectivity index (χ3n) is 8.20. The lowest BCUT2D eigenvalue weighted by Crippen LogP contribution is -2.22. The van der Waals surface area contributed by atoms with E-state index < -0.39 is 5.76 Å². The van der Waals surface area contributed by atoms with Crippen LogP contribution in [0, 0.1) is 11.8 Å². The molecule has 0 saturated carbocycles. The molecule has 0 spiro atoms. The molecular weight excluding hydrogens is 949 g/mol. The number of tetrazole rings is 1. The molecule has 6 aromatic heterocycles. The van der Waals surface area contributed by atoms with E-state index in [4.69, 9.17) is 14.0 Å². The molecule has 0 aromatic carbocycles. The number of hydrogen-bond acceptors (Lipinski definition) is 18. The number of amides is 2. The van der Waals surface area contributed by atoms with Gasteiger partial charge in [0.2, 0.25) is 17.2 Å². The molecule has 70 heavy (non-hydrogen) atoms. The van der Waals surface area contributed by atoms with Gasteiger partial charge in [-0.3, -0.25) is 47.0 Å². The molecule has 0 aliphatic heterocycles. The molecule has 6 aromatic rings. The van der Waals surface area contributed by atoms with E-state index in [1.807, 2.05) is 96.9 Å². The molecule has 396 valence electrons. The number of aromatic hydroxyl groups is 1. The van der Waals surface area contributed by atoms with Crippen LogP contribution in [0.1, 0.15) is 187 Å². The van der Waals surface area contributed by atoms with E-state index in [9.17, 15) is 33.6 Å². The Hall–Kier alpha value is -6.50. The largest absolute Gasteiger partial charge is 0.502 e. The summed E-state index contributed by atoms with van der Waals surface area (Å²) in [5, 5.41) is 33.0. The highest BCUT2D eigenvalue weighted by Crippen LogP contribution is 2.15. The quantitative estimate of drug-likeness (QED) is 0.0741. The minimum Gasteiger partial charge on any atom is -0.502 e. The van der Waals surface area contributed by atoms with Crippen LogP contribution in [0.15, 0.2) is 62.1 Å². The Morgan fingerprint density at radius 3 is 1.49 bits per heavy atom. The number of carbonyl (C=O) groups is 2. The summed E-state index contributed by atoms with van der Waals surface area (Å²) in [4.78, 5) is 77.5. The van der Waals surface area contributed by atoms with Crippen molar-refractivity contribution in [1.29, 1.82) is 0 Å². The Kier molecular flexibility index (Phi) is 35.3. The van der Waals surface area contributed by atoms with Gasteiger partial charge in [0.1, 0.15) is 17.7 Å². The standard InChI is InChI=1S/C8H10O3.C6H9NO2.C6H9NOS.C5H8N2O2.C5H8N2OS.2C5H11NO.C4H8N4.CH4/c1-5(2)6-3-11-4-7(9)8(6)10;2*1-4(2)5-3-6(8)7-9-5;1-3(2)4-6-5(8)9-7-4;1-3(2)4-5(8)7-9-6-4;2*1-4(2)5(7)6-3;1-3(2)4-5-7-8-6-4;/h3-5,9H,1-2H3;2*3-4H,1-2H3,(H,7,8);3H,1-2H3,(H,6,7,8);3H,1-2H3,(H,7,8);2*4H,1-3H3,(H,6,7);3H,1-2H3,(H,5,6,7,8);1H4. The van der Waals surface area contributed by atoms with E-state index in [2.05, 4.69) is 78.0 Å². The minimum absolute atomic E-state index is 0. The Balaban J connectivity index is -0.000000734. The third kappa shape index (κ3) is 29.4. The average molecular weight is 1030 g/mol. The Bertz CT molecular complexity index is 2410. The first-order valence-electron chi connectivity index (χ1n) is 22.0. The maximum atomic E-state index is 11.1. The number of H-pyrrole nitrogens is 5. The fraction of sp³-hybridized carbons (Fsp3) is 0.600. The zero-order valence-electron chi connectivity index (χ0n) is 43.0. The average Bonchev–Trinajstić information content (AvgIpc) is 4.15. The highest BCUT2D eigenvalue weighted by molar-refractivity contribution is 7.05. The monoisotopic (exact) mass is 1030 g/mol. The maximum Gasteiger partial charge on any atom is 0.438 e. The summed E-state index contributed by atoms with van der Waals surface area (Å²) in [5.41, 5.74) is 0.605. The zero-order valence-corrected chi connectivity index (χ0v) is 44.6. The zero-order chi connectivity index (χ0) is 53.6. The van der Waals surface area contributed by atoms with Crippen molar-refractivity contribution >= 4 is 35.1 Å². The van der Waals surface area contributed by atoms with Crippen molar-refractivity contribution in [3.05, 3.63) is 110 Å². The summed E-state index contributed by atoms with van der Waals surface area (Å²) in [6.07, 6.45) is 2.40. The lowest BCUT2D eigenvalue weighted by molar-refractivity contribution is -0.124. The van der Waals surface area contributed by atoms with Gasteiger partial charge in [-0.05, 0) is 11.8 Å².